The van der Waals surface area contributed by atoms with E-state index >= 15 is 0 Å². The van der Waals surface area contributed by atoms with E-state index in [2.05, 4.69) is 46.8 Å². The van der Waals surface area contributed by atoms with Crippen LogP contribution >= 0.6 is 24.0 Å². The van der Waals surface area contributed by atoms with Crippen LogP contribution in [0.1, 0.15) is 30.4 Å². The Kier molecular flexibility index (Phi) is 8.68. The number of guanidine groups is 1. The van der Waals surface area contributed by atoms with Crippen LogP contribution in [0.2, 0.25) is 0 Å². The average molecular weight is 403 g/mol. The molecule has 0 saturated carbocycles. The third kappa shape index (κ3) is 5.47. The second kappa shape index (κ2) is 10.00. The Labute approximate surface area is 144 Å². The molecule has 2 N–H and O–H groups in total. The largest absolute Gasteiger partial charge is 0.385 e. The number of fused-ring (bicyclic) bond motifs is 1. The zero-order valence-corrected chi connectivity index (χ0v) is 15.2. The molecule has 0 aliphatic heterocycles. The number of ether oxygens (including phenoxy) is 1. The van der Waals surface area contributed by atoms with Crippen LogP contribution in [0.4, 0.5) is 0 Å². The lowest BCUT2D eigenvalue weighted by atomic mass is 9.78. The van der Waals surface area contributed by atoms with Gasteiger partial charge in [0.2, 0.25) is 0 Å². The van der Waals surface area contributed by atoms with Gasteiger partial charge in [0.25, 0.3) is 0 Å². The van der Waals surface area contributed by atoms with Crippen LogP contribution in [-0.2, 0) is 11.2 Å². The summed E-state index contributed by atoms with van der Waals surface area (Å²) in [7, 11) is 1.73. The molecule has 4 nitrogen and oxygen atoms in total. The summed E-state index contributed by atoms with van der Waals surface area (Å²) in [5.41, 5.74) is 2.94. The van der Waals surface area contributed by atoms with Gasteiger partial charge in [-0.05, 0) is 30.9 Å². The van der Waals surface area contributed by atoms with Crippen LogP contribution in [0, 0.1) is 0 Å². The standard InChI is InChI=1S/C16H25N3O.HI/c1-3-17-16(18-9-6-10-20-2)19-12-14-11-13-7-4-5-8-15(13)14;/h4-5,7-8,14H,3,6,9-12H2,1-2H3,(H2,17,18,19);1H. The fourth-order valence-electron chi connectivity index (χ4n) is 2.49. The minimum absolute atomic E-state index is 0. The van der Waals surface area contributed by atoms with Gasteiger partial charge in [-0.15, -0.1) is 24.0 Å². The van der Waals surface area contributed by atoms with E-state index in [1.54, 1.807) is 7.11 Å². The van der Waals surface area contributed by atoms with Gasteiger partial charge in [-0.1, -0.05) is 24.3 Å². The van der Waals surface area contributed by atoms with E-state index < -0.39 is 0 Å². The minimum Gasteiger partial charge on any atom is -0.385 e. The Balaban J connectivity index is 0.00000220. The average Bonchev–Trinajstić information content (AvgIpc) is 2.44. The summed E-state index contributed by atoms with van der Waals surface area (Å²) in [4.78, 5) is 4.69. The van der Waals surface area contributed by atoms with E-state index in [0.717, 1.165) is 45.0 Å². The Hall–Kier alpha value is -0.820. The summed E-state index contributed by atoms with van der Waals surface area (Å²) < 4.78 is 5.05. The monoisotopic (exact) mass is 403 g/mol. The minimum atomic E-state index is 0. The van der Waals surface area contributed by atoms with E-state index in [9.17, 15) is 0 Å². The molecule has 1 aliphatic carbocycles. The maximum absolute atomic E-state index is 5.05. The number of benzene rings is 1. The number of hydrogen-bond acceptors (Lipinski definition) is 2. The van der Waals surface area contributed by atoms with Crippen molar-refractivity contribution in [1.29, 1.82) is 0 Å². The second-order valence-corrected chi connectivity index (χ2v) is 5.09. The first-order valence-corrected chi connectivity index (χ1v) is 7.44. The fraction of sp³-hybridized carbons (Fsp3) is 0.562. The highest BCUT2D eigenvalue weighted by molar-refractivity contribution is 14.0. The number of hydrogen-bond donors (Lipinski definition) is 2. The predicted octanol–water partition coefficient (Wildman–Crippen LogP) is 2.54. The van der Waals surface area contributed by atoms with Crippen molar-refractivity contribution in [3.05, 3.63) is 35.4 Å². The Morgan fingerprint density at radius 1 is 1.33 bits per heavy atom. The van der Waals surface area contributed by atoms with Gasteiger partial charge in [0, 0.05) is 39.3 Å². The summed E-state index contributed by atoms with van der Waals surface area (Å²) in [5.74, 6) is 1.49. The molecule has 118 valence electrons. The molecule has 2 rings (SSSR count). The highest BCUT2D eigenvalue weighted by Gasteiger charge is 2.24. The number of aliphatic imine (C=N–C) groups is 1. The number of methoxy groups -OCH3 is 1. The van der Waals surface area contributed by atoms with Crippen LogP contribution in [0.5, 0.6) is 0 Å². The van der Waals surface area contributed by atoms with Crippen LogP contribution in [0.15, 0.2) is 29.3 Å². The lowest BCUT2D eigenvalue weighted by Crippen LogP contribution is -2.38. The van der Waals surface area contributed by atoms with Crippen LogP contribution in [0.25, 0.3) is 0 Å². The summed E-state index contributed by atoms with van der Waals surface area (Å²) in [6.07, 6.45) is 2.15. The Morgan fingerprint density at radius 2 is 2.14 bits per heavy atom. The van der Waals surface area contributed by atoms with Gasteiger partial charge in [-0.2, -0.15) is 0 Å². The summed E-state index contributed by atoms with van der Waals surface area (Å²) in [5, 5.41) is 6.63. The van der Waals surface area contributed by atoms with E-state index in [-0.39, 0.29) is 24.0 Å². The molecule has 5 heteroatoms. The number of nitrogens with zero attached hydrogens (tertiary/aromatic N) is 1. The van der Waals surface area contributed by atoms with Gasteiger partial charge >= 0.3 is 0 Å². The molecule has 21 heavy (non-hydrogen) atoms. The first-order valence-electron chi connectivity index (χ1n) is 7.44. The maximum atomic E-state index is 5.05. The van der Waals surface area contributed by atoms with Crippen molar-refractivity contribution in [2.75, 3.05) is 33.4 Å². The third-order valence-electron chi connectivity index (χ3n) is 3.59. The summed E-state index contributed by atoms with van der Waals surface area (Å²) >= 11 is 0. The molecule has 1 aliphatic rings. The van der Waals surface area contributed by atoms with Crippen LogP contribution < -0.4 is 10.6 Å². The molecule has 0 bridgehead atoms. The molecule has 1 aromatic rings. The maximum Gasteiger partial charge on any atom is 0.191 e. The molecule has 1 atom stereocenters. The molecule has 0 amide bonds. The van der Waals surface area contributed by atoms with E-state index in [0.29, 0.717) is 5.92 Å². The Morgan fingerprint density at radius 3 is 2.86 bits per heavy atom. The van der Waals surface area contributed by atoms with Crippen molar-refractivity contribution in [2.45, 2.75) is 25.7 Å². The quantitative estimate of drug-likeness (QED) is 0.318. The van der Waals surface area contributed by atoms with Crippen molar-refractivity contribution in [1.82, 2.24) is 10.6 Å². The molecule has 1 aromatic carbocycles. The molecule has 0 radical (unpaired) electrons. The molecule has 0 heterocycles. The van der Waals surface area contributed by atoms with Crippen LogP contribution in [-0.4, -0.2) is 39.3 Å². The molecule has 0 aromatic heterocycles. The number of nitrogens with one attached hydrogen (secondary N) is 2. The third-order valence-corrected chi connectivity index (χ3v) is 3.59. The van der Waals surface area contributed by atoms with Gasteiger partial charge < -0.3 is 15.4 Å². The van der Waals surface area contributed by atoms with E-state index in [4.69, 9.17) is 4.74 Å². The van der Waals surface area contributed by atoms with Gasteiger partial charge in [0.05, 0.1) is 0 Å². The zero-order chi connectivity index (χ0) is 14.2. The Bertz CT molecular complexity index is 451. The summed E-state index contributed by atoms with van der Waals surface area (Å²) in [6.45, 7) is 5.50. The highest BCUT2D eigenvalue weighted by Crippen LogP contribution is 2.34. The van der Waals surface area contributed by atoms with E-state index in [1.807, 2.05) is 0 Å². The van der Waals surface area contributed by atoms with Gasteiger partial charge in [0.15, 0.2) is 5.96 Å². The van der Waals surface area contributed by atoms with Crippen LogP contribution in [0.3, 0.4) is 0 Å². The van der Waals surface area contributed by atoms with E-state index in [1.165, 1.54) is 11.1 Å². The van der Waals surface area contributed by atoms with Gasteiger partial charge in [0.1, 0.15) is 0 Å². The lowest BCUT2D eigenvalue weighted by Gasteiger charge is -2.28. The zero-order valence-electron chi connectivity index (χ0n) is 12.9. The highest BCUT2D eigenvalue weighted by atomic mass is 127. The van der Waals surface area contributed by atoms with Crippen molar-refractivity contribution < 1.29 is 4.74 Å². The fourth-order valence-corrected chi connectivity index (χ4v) is 2.49. The number of halogens is 1. The SMILES string of the molecule is CCNC(=NCC1Cc2ccccc21)NCCCOC.I. The van der Waals surface area contributed by atoms with Crippen molar-refractivity contribution in [3.8, 4) is 0 Å². The molecule has 0 spiro atoms. The van der Waals surface area contributed by atoms with Gasteiger partial charge in [-0.25, -0.2) is 0 Å². The molecule has 0 fully saturated rings. The van der Waals surface area contributed by atoms with Gasteiger partial charge in [-0.3, -0.25) is 4.99 Å². The first kappa shape index (κ1) is 18.2. The van der Waals surface area contributed by atoms with Crippen molar-refractivity contribution in [3.63, 3.8) is 0 Å². The molecular formula is C16H26IN3O. The lowest BCUT2D eigenvalue weighted by molar-refractivity contribution is 0.195. The van der Waals surface area contributed by atoms with Crippen molar-refractivity contribution in [2.24, 2.45) is 4.99 Å². The molecular weight excluding hydrogens is 377 g/mol. The molecule has 1 unspecified atom stereocenters. The van der Waals surface area contributed by atoms with Crippen molar-refractivity contribution >= 4 is 29.9 Å². The number of rotatable bonds is 7. The molecule has 0 saturated heterocycles. The topological polar surface area (TPSA) is 45.7 Å². The smallest absolute Gasteiger partial charge is 0.191 e. The summed E-state index contributed by atoms with van der Waals surface area (Å²) in [6, 6.07) is 8.66. The second-order valence-electron chi connectivity index (χ2n) is 5.09. The first-order chi connectivity index (χ1) is 9.85. The predicted molar refractivity (Wildman–Crippen MR) is 98.8 cm³/mol. The normalized spacial score (nSPS) is 16.5.